The van der Waals surface area contributed by atoms with Crippen LogP contribution in [0.3, 0.4) is 0 Å². The van der Waals surface area contributed by atoms with Crippen LogP contribution in [-0.4, -0.2) is 31.6 Å². The second-order valence-electron chi connectivity index (χ2n) is 4.05. The van der Waals surface area contributed by atoms with Crippen LogP contribution in [0.2, 0.25) is 0 Å². The van der Waals surface area contributed by atoms with Crippen molar-refractivity contribution in [2.45, 2.75) is 12.8 Å². The lowest BCUT2D eigenvalue weighted by Gasteiger charge is -2.18. The zero-order valence-corrected chi connectivity index (χ0v) is 10.8. The minimum absolute atomic E-state index is 0.0364. The summed E-state index contributed by atoms with van der Waals surface area (Å²) in [5.41, 5.74) is 0.444. The maximum atomic E-state index is 11.5. The van der Waals surface area contributed by atoms with Crippen LogP contribution in [0, 0.1) is 0 Å². The molecule has 0 bridgehead atoms. The molecule has 1 aliphatic rings. The Hall–Kier alpha value is -2.57. The first-order chi connectivity index (χ1) is 9.58. The first kappa shape index (κ1) is 13.9. The van der Waals surface area contributed by atoms with Crippen molar-refractivity contribution in [3.05, 3.63) is 18.2 Å². The van der Waals surface area contributed by atoms with E-state index >= 15 is 0 Å². The van der Waals surface area contributed by atoms with Gasteiger partial charge >= 0.3 is 11.9 Å². The number of nitrogens with one attached hydrogen (secondary N) is 1. The molecule has 1 aliphatic heterocycles. The average Bonchev–Trinajstić information content (AvgIpc) is 2.44. The molecular formula is C13H13NO6. The normalized spacial score (nSPS) is 12.8. The van der Waals surface area contributed by atoms with Gasteiger partial charge in [-0.25, -0.2) is 0 Å². The summed E-state index contributed by atoms with van der Waals surface area (Å²) in [5.74, 6) is -0.526. The van der Waals surface area contributed by atoms with Gasteiger partial charge < -0.3 is 19.5 Å². The van der Waals surface area contributed by atoms with Crippen molar-refractivity contribution >= 4 is 23.5 Å². The quantitative estimate of drug-likeness (QED) is 0.649. The minimum Gasteiger partial charge on any atom is -0.482 e. The molecule has 0 aliphatic carbocycles. The third-order valence-corrected chi connectivity index (χ3v) is 2.58. The summed E-state index contributed by atoms with van der Waals surface area (Å²) in [5, 5.41) is 2.60. The van der Waals surface area contributed by atoms with Crippen molar-refractivity contribution in [1.82, 2.24) is 0 Å². The van der Waals surface area contributed by atoms with Crippen LogP contribution in [-0.2, 0) is 19.1 Å². The number of fused-ring (bicyclic) bond motifs is 1. The summed E-state index contributed by atoms with van der Waals surface area (Å²) in [7, 11) is 1.25. The molecule has 1 N–H and O–H groups in total. The molecule has 1 aromatic carbocycles. The van der Waals surface area contributed by atoms with Crippen molar-refractivity contribution in [2.75, 3.05) is 19.0 Å². The van der Waals surface area contributed by atoms with Gasteiger partial charge in [0.25, 0.3) is 5.91 Å². The van der Waals surface area contributed by atoms with Gasteiger partial charge in [0, 0.05) is 6.07 Å². The van der Waals surface area contributed by atoms with Crippen molar-refractivity contribution in [2.24, 2.45) is 0 Å². The Morgan fingerprint density at radius 2 is 2.05 bits per heavy atom. The van der Waals surface area contributed by atoms with E-state index in [2.05, 4.69) is 10.1 Å². The minimum atomic E-state index is -0.557. The molecule has 7 heteroatoms. The number of benzene rings is 1. The highest BCUT2D eigenvalue weighted by Gasteiger charge is 2.17. The van der Waals surface area contributed by atoms with Crippen LogP contribution in [0.5, 0.6) is 11.5 Å². The fourth-order valence-electron chi connectivity index (χ4n) is 1.61. The summed E-state index contributed by atoms with van der Waals surface area (Å²) in [4.78, 5) is 33.6. The fourth-order valence-corrected chi connectivity index (χ4v) is 1.61. The first-order valence-corrected chi connectivity index (χ1v) is 5.92. The molecule has 1 heterocycles. The third-order valence-electron chi connectivity index (χ3n) is 2.58. The predicted molar refractivity (Wildman–Crippen MR) is 67.5 cm³/mol. The van der Waals surface area contributed by atoms with Crippen LogP contribution in [0.4, 0.5) is 5.69 Å². The van der Waals surface area contributed by atoms with Crippen molar-refractivity contribution in [3.8, 4) is 11.5 Å². The van der Waals surface area contributed by atoms with Gasteiger partial charge in [0.15, 0.2) is 6.61 Å². The van der Waals surface area contributed by atoms with Crippen molar-refractivity contribution in [3.63, 3.8) is 0 Å². The first-order valence-electron chi connectivity index (χ1n) is 5.92. The molecule has 0 radical (unpaired) electrons. The van der Waals surface area contributed by atoms with E-state index in [-0.39, 0.29) is 31.1 Å². The lowest BCUT2D eigenvalue weighted by Crippen LogP contribution is -2.25. The predicted octanol–water partition coefficient (Wildman–Crippen LogP) is 0.876. The van der Waals surface area contributed by atoms with E-state index in [1.54, 1.807) is 12.1 Å². The van der Waals surface area contributed by atoms with Gasteiger partial charge in [0.05, 0.1) is 25.6 Å². The second kappa shape index (κ2) is 6.05. The van der Waals surface area contributed by atoms with Crippen LogP contribution in [0.1, 0.15) is 12.8 Å². The Morgan fingerprint density at radius 1 is 1.30 bits per heavy atom. The summed E-state index contributed by atoms with van der Waals surface area (Å²) >= 11 is 0. The van der Waals surface area contributed by atoms with Crippen molar-refractivity contribution < 1.29 is 28.6 Å². The third kappa shape index (κ3) is 3.47. The van der Waals surface area contributed by atoms with E-state index in [0.29, 0.717) is 11.4 Å². The van der Waals surface area contributed by atoms with Gasteiger partial charge in [0.2, 0.25) is 0 Å². The molecular weight excluding hydrogens is 266 g/mol. The molecule has 0 unspecified atom stereocenters. The Labute approximate surface area is 114 Å². The highest BCUT2D eigenvalue weighted by molar-refractivity contribution is 5.95. The zero-order chi connectivity index (χ0) is 14.5. The maximum absolute atomic E-state index is 11.5. The fraction of sp³-hybridized carbons (Fsp3) is 0.308. The molecule has 0 saturated carbocycles. The summed E-state index contributed by atoms with van der Waals surface area (Å²) in [6.45, 7) is -0.0364. The summed E-state index contributed by atoms with van der Waals surface area (Å²) < 4.78 is 14.7. The Kier molecular flexibility index (Phi) is 4.19. The number of rotatable bonds is 4. The standard InChI is InChI=1S/C13H13NO6/c1-18-12(16)4-5-13(17)20-8-2-3-10-9(6-8)14-11(15)7-19-10/h2-3,6H,4-5,7H2,1H3,(H,14,15). The van der Waals surface area contributed by atoms with E-state index in [9.17, 15) is 14.4 Å². The van der Waals surface area contributed by atoms with E-state index in [4.69, 9.17) is 9.47 Å². The van der Waals surface area contributed by atoms with Gasteiger partial charge in [-0.2, -0.15) is 0 Å². The van der Waals surface area contributed by atoms with Gasteiger partial charge in [-0.1, -0.05) is 0 Å². The topological polar surface area (TPSA) is 90.9 Å². The molecule has 0 atom stereocenters. The number of ether oxygens (including phenoxy) is 3. The van der Waals surface area contributed by atoms with Gasteiger partial charge in [-0.15, -0.1) is 0 Å². The Balaban J connectivity index is 1.96. The van der Waals surface area contributed by atoms with Crippen LogP contribution in [0.25, 0.3) is 0 Å². The molecule has 106 valence electrons. The van der Waals surface area contributed by atoms with E-state index in [1.807, 2.05) is 0 Å². The van der Waals surface area contributed by atoms with Gasteiger partial charge in [-0.05, 0) is 12.1 Å². The molecule has 2 rings (SSSR count). The number of methoxy groups -OCH3 is 1. The number of carbonyl (C=O) groups excluding carboxylic acids is 3. The monoisotopic (exact) mass is 279 g/mol. The molecule has 7 nitrogen and oxygen atoms in total. The van der Waals surface area contributed by atoms with E-state index in [1.165, 1.54) is 13.2 Å². The summed E-state index contributed by atoms with van der Waals surface area (Å²) in [6, 6.07) is 4.63. The highest BCUT2D eigenvalue weighted by Crippen LogP contribution is 2.31. The Morgan fingerprint density at radius 3 is 2.80 bits per heavy atom. The second-order valence-corrected chi connectivity index (χ2v) is 4.05. The average molecular weight is 279 g/mol. The number of anilines is 1. The molecule has 0 spiro atoms. The zero-order valence-electron chi connectivity index (χ0n) is 10.8. The highest BCUT2D eigenvalue weighted by atomic mass is 16.5. The number of hydrogen-bond acceptors (Lipinski definition) is 6. The van der Waals surface area contributed by atoms with Gasteiger partial charge in [0.1, 0.15) is 11.5 Å². The molecule has 0 fully saturated rings. The van der Waals surface area contributed by atoms with E-state index < -0.39 is 11.9 Å². The largest absolute Gasteiger partial charge is 0.482 e. The maximum Gasteiger partial charge on any atom is 0.311 e. The lowest BCUT2D eigenvalue weighted by molar-refractivity contribution is -0.144. The molecule has 0 aromatic heterocycles. The number of carbonyl (C=O) groups is 3. The molecule has 20 heavy (non-hydrogen) atoms. The smallest absolute Gasteiger partial charge is 0.311 e. The Bertz CT molecular complexity index is 554. The number of esters is 2. The number of hydrogen-bond donors (Lipinski definition) is 1. The molecule has 0 saturated heterocycles. The lowest BCUT2D eigenvalue weighted by atomic mass is 10.2. The van der Waals surface area contributed by atoms with Crippen molar-refractivity contribution in [1.29, 1.82) is 0 Å². The summed E-state index contributed by atoms with van der Waals surface area (Å²) in [6.07, 6.45) is -0.118. The van der Waals surface area contributed by atoms with Gasteiger partial charge in [-0.3, -0.25) is 14.4 Å². The number of amides is 1. The van der Waals surface area contributed by atoms with E-state index in [0.717, 1.165) is 0 Å². The molecule has 1 aromatic rings. The molecule has 1 amide bonds. The van der Waals surface area contributed by atoms with Crippen LogP contribution in [0.15, 0.2) is 18.2 Å². The van der Waals surface area contributed by atoms with Crippen LogP contribution < -0.4 is 14.8 Å². The van der Waals surface area contributed by atoms with Crippen LogP contribution >= 0.6 is 0 Å². The SMILES string of the molecule is COC(=O)CCC(=O)Oc1ccc2c(c1)NC(=O)CO2.